The van der Waals surface area contributed by atoms with E-state index < -0.39 is 42.5 Å². The van der Waals surface area contributed by atoms with Crippen LogP contribution in [0.2, 0.25) is 0 Å². The van der Waals surface area contributed by atoms with Crippen LogP contribution in [0.5, 0.6) is 0 Å². The molecule has 0 saturated carbocycles. The van der Waals surface area contributed by atoms with Crippen LogP contribution in [0.15, 0.2) is 128 Å². The first-order chi connectivity index (χ1) is 24.7. The quantitative estimate of drug-likeness (QED) is 0.0724. The molecule has 3 amide bonds. The first-order valence-corrected chi connectivity index (χ1v) is 18.8. The fourth-order valence-electron chi connectivity index (χ4n) is 7.42. The summed E-state index contributed by atoms with van der Waals surface area (Å²) < 4.78 is 17.7. The molecule has 4 aromatic carbocycles. The third-order valence-electron chi connectivity index (χ3n) is 9.63. The molecule has 4 aromatic rings. The van der Waals surface area contributed by atoms with E-state index in [1.165, 1.54) is 11.0 Å². The number of amides is 3. The van der Waals surface area contributed by atoms with Gasteiger partial charge in [-0.15, -0.1) is 0 Å². The van der Waals surface area contributed by atoms with Crippen LogP contribution >= 0.6 is 6.89 Å². The predicted molar refractivity (Wildman–Crippen MR) is 197 cm³/mol. The summed E-state index contributed by atoms with van der Waals surface area (Å²) in [6.07, 6.45) is 0.814. The highest BCUT2D eigenvalue weighted by Gasteiger charge is 2.59. The van der Waals surface area contributed by atoms with Gasteiger partial charge in [-0.1, -0.05) is 116 Å². The van der Waals surface area contributed by atoms with Gasteiger partial charge in [0.05, 0.1) is 29.8 Å². The van der Waals surface area contributed by atoms with Crippen LogP contribution in [0, 0.1) is 5.92 Å². The minimum Gasteiger partial charge on any atom is -0.457 e. The summed E-state index contributed by atoms with van der Waals surface area (Å²) in [7, 11) is 0. The van der Waals surface area contributed by atoms with E-state index in [0.717, 1.165) is 20.8 Å². The van der Waals surface area contributed by atoms with Crippen molar-refractivity contribution in [1.29, 1.82) is 0 Å². The van der Waals surface area contributed by atoms with E-state index in [1.54, 1.807) is 24.3 Å². The second kappa shape index (κ2) is 13.9. The number of fused-ring (bicyclic) bond motifs is 1. The number of benzene rings is 4. The van der Waals surface area contributed by atoms with Crippen LogP contribution in [0.4, 0.5) is 0 Å². The smallest absolute Gasteiger partial charge is 0.356 e. The zero-order valence-corrected chi connectivity index (χ0v) is 29.4. The van der Waals surface area contributed by atoms with Crippen LogP contribution in [-0.4, -0.2) is 70.2 Å². The summed E-state index contributed by atoms with van der Waals surface area (Å²) in [6, 6.07) is 35.4. The number of nitrogens with zero attached hydrogens (tertiary/aromatic N) is 2. The molecule has 9 nitrogen and oxygen atoms in total. The number of rotatable bonds is 11. The Morgan fingerprint density at radius 1 is 0.804 bits per heavy atom. The van der Waals surface area contributed by atoms with E-state index in [1.807, 2.05) is 105 Å². The summed E-state index contributed by atoms with van der Waals surface area (Å²) in [5.41, 5.74) is 0.582. The summed E-state index contributed by atoms with van der Waals surface area (Å²) in [4.78, 5) is 60.7. The second-order valence-corrected chi connectivity index (χ2v) is 16.5. The molecule has 260 valence electrons. The van der Waals surface area contributed by atoms with Crippen LogP contribution in [0.1, 0.15) is 47.4 Å². The average Bonchev–Trinajstić information content (AvgIpc) is 3.63. The van der Waals surface area contributed by atoms with Crippen molar-refractivity contribution in [3.8, 4) is 0 Å². The van der Waals surface area contributed by atoms with Gasteiger partial charge in [0, 0.05) is 6.89 Å². The third-order valence-corrected chi connectivity index (χ3v) is 13.9. The monoisotopic (exact) mass is 702 g/mol. The van der Waals surface area contributed by atoms with Crippen LogP contribution in [0.3, 0.4) is 0 Å². The van der Waals surface area contributed by atoms with E-state index >= 15 is 0 Å². The minimum absolute atomic E-state index is 0.0809. The molecule has 0 unspecified atom stereocenters. The van der Waals surface area contributed by atoms with Gasteiger partial charge in [0.15, 0.2) is 5.79 Å². The molecule has 0 spiro atoms. The maximum Gasteiger partial charge on any atom is 0.356 e. The maximum atomic E-state index is 14.9. The number of imide groups is 1. The van der Waals surface area contributed by atoms with Gasteiger partial charge < -0.3 is 14.2 Å². The molecule has 0 bridgehead atoms. The highest BCUT2D eigenvalue weighted by atomic mass is 31.2. The molecule has 10 heteroatoms. The molecule has 51 heavy (non-hydrogen) atoms. The Bertz CT molecular complexity index is 1910. The Hall–Kier alpha value is -5.08. The van der Waals surface area contributed by atoms with Gasteiger partial charge in [0.1, 0.15) is 18.2 Å². The first-order valence-electron chi connectivity index (χ1n) is 17.0. The van der Waals surface area contributed by atoms with Gasteiger partial charge in [0.25, 0.3) is 11.8 Å². The molecule has 3 atom stereocenters. The average molecular weight is 703 g/mol. The lowest BCUT2D eigenvalue weighted by Gasteiger charge is -2.52. The fraction of sp³-hybridized carbons (Fsp3) is 0.244. The molecule has 2 saturated heterocycles. The van der Waals surface area contributed by atoms with E-state index in [9.17, 15) is 19.2 Å². The molecule has 2 fully saturated rings. The number of ether oxygens (including phenoxy) is 3. The highest BCUT2D eigenvalue weighted by Crippen LogP contribution is 2.51. The van der Waals surface area contributed by atoms with Gasteiger partial charge in [-0.2, -0.15) is 0 Å². The Kier molecular flexibility index (Phi) is 9.38. The Morgan fingerprint density at radius 2 is 1.29 bits per heavy atom. The summed E-state index contributed by atoms with van der Waals surface area (Å²) >= 11 is 0. The van der Waals surface area contributed by atoms with E-state index in [-0.39, 0.29) is 35.2 Å². The molecule has 0 aliphatic carbocycles. The third kappa shape index (κ3) is 5.95. The van der Waals surface area contributed by atoms with Gasteiger partial charge >= 0.3 is 5.97 Å². The largest absolute Gasteiger partial charge is 0.457 e. The van der Waals surface area contributed by atoms with Gasteiger partial charge in [-0.05, 0) is 54.7 Å². The van der Waals surface area contributed by atoms with Crippen molar-refractivity contribution >= 4 is 51.9 Å². The molecule has 3 heterocycles. The van der Waals surface area contributed by atoms with Crippen molar-refractivity contribution in [3.05, 3.63) is 139 Å². The highest BCUT2D eigenvalue weighted by molar-refractivity contribution is 7.96. The van der Waals surface area contributed by atoms with Crippen molar-refractivity contribution in [1.82, 2.24) is 9.80 Å². The van der Waals surface area contributed by atoms with E-state index in [4.69, 9.17) is 14.2 Å². The zero-order valence-electron chi connectivity index (χ0n) is 28.5. The topological polar surface area (TPSA) is 102 Å². The molecule has 3 aliphatic rings. The Balaban J connectivity index is 1.49. The van der Waals surface area contributed by atoms with E-state index in [0.29, 0.717) is 19.4 Å². The van der Waals surface area contributed by atoms with Crippen LogP contribution < -0.4 is 15.9 Å². The van der Waals surface area contributed by atoms with Crippen molar-refractivity contribution < 1.29 is 33.4 Å². The van der Waals surface area contributed by atoms with E-state index in [2.05, 4.69) is 6.58 Å². The number of carbonyl (C=O) groups excluding carboxylic acids is 4. The molecule has 0 N–H and O–H groups in total. The van der Waals surface area contributed by atoms with Crippen molar-refractivity contribution in [3.63, 3.8) is 0 Å². The molecular weight excluding hydrogens is 663 g/mol. The molecular formula is C41H39N2O7P. The lowest BCUT2D eigenvalue weighted by molar-refractivity contribution is -0.159. The van der Waals surface area contributed by atoms with Gasteiger partial charge in [-0.3, -0.25) is 24.2 Å². The maximum absolute atomic E-state index is 14.9. The number of hydrogen-bond acceptors (Lipinski definition) is 7. The Labute approximate surface area is 297 Å². The fourth-order valence-corrected chi connectivity index (χ4v) is 11.8. The van der Waals surface area contributed by atoms with Crippen molar-refractivity contribution in [2.75, 3.05) is 13.2 Å². The first kappa shape index (κ1) is 34.4. The lowest BCUT2D eigenvalue weighted by atomic mass is 9.86. The summed E-state index contributed by atoms with van der Waals surface area (Å²) in [5.74, 6) is -3.73. The number of esters is 1. The standard InChI is InChI=1S/C41H39N2O7P/c1-4-26-48-40(47)39(51(29-16-8-5-9-17-29,30-18-10-6-11-19-30)31-20-12-7-13-21-31)43-35(42-36(44)32-22-14-15-23-33(32)37(42)45)34(38(43)46)25-24-28-27-49-41(2,3)50-28/h4-23,28,34-35H,1,24-27H2,2-3H3/t28-,34+,35-/m1/s1. The number of carbonyl (C=O) groups is 4. The summed E-state index contributed by atoms with van der Waals surface area (Å²) in [6.45, 7) is 4.39. The zero-order chi connectivity index (χ0) is 35.8. The number of hydrogen-bond donors (Lipinski definition) is 0. The number of β-lactam (4-membered cyclic amide) rings is 1. The van der Waals surface area contributed by atoms with Gasteiger partial charge in [0.2, 0.25) is 5.91 Å². The lowest BCUT2D eigenvalue weighted by Crippen LogP contribution is -2.72. The Morgan fingerprint density at radius 3 is 1.75 bits per heavy atom. The molecule has 0 radical (unpaired) electrons. The molecule has 3 aliphatic heterocycles. The normalized spacial score (nSPS) is 20.9. The second-order valence-electron chi connectivity index (χ2n) is 13.2. The van der Waals surface area contributed by atoms with Crippen LogP contribution in [-0.2, 0) is 23.8 Å². The predicted octanol–water partition coefficient (Wildman–Crippen LogP) is 4.85. The van der Waals surface area contributed by atoms with Crippen molar-refractivity contribution in [2.24, 2.45) is 5.92 Å². The minimum atomic E-state index is -3.27. The van der Waals surface area contributed by atoms with Crippen LogP contribution in [0.25, 0.3) is 0 Å². The summed E-state index contributed by atoms with van der Waals surface area (Å²) in [5, 5.41) is 2.39. The molecule has 0 aromatic heterocycles. The van der Waals surface area contributed by atoms with Gasteiger partial charge in [-0.25, -0.2) is 4.79 Å². The SMILES string of the molecule is C=CCOC(=O)C(N1C(=O)[C@@H](CC[C@@H]2COC(C)(C)O2)[C@@H]1N1C(=O)c2ccccc2C1=O)=P(c1ccccc1)(c1ccccc1)c1ccccc1. The number of likely N-dealkylation sites (tertiary alicyclic amines) is 1. The molecule has 7 rings (SSSR count). The van der Waals surface area contributed by atoms with Crippen molar-refractivity contribution in [2.45, 2.75) is 44.7 Å².